The molecule has 3 fully saturated rings. The first-order valence-corrected chi connectivity index (χ1v) is 13.5. The Morgan fingerprint density at radius 3 is 2.48 bits per heavy atom. The van der Waals surface area contributed by atoms with E-state index < -0.39 is 22.3 Å². The van der Waals surface area contributed by atoms with Gasteiger partial charge in [-0.15, -0.1) is 0 Å². The topological polar surface area (TPSA) is 76.2 Å². The minimum atomic E-state index is -3.97. The second kappa shape index (κ2) is 8.81. The van der Waals surface area contributed by atoms with Gasteiger partial charge in [-0.25, -0.2) is 9.18 Å². The molecule has 3 saturated heterocycles. The van der Waals surface area contributed by atoms with Crippen molar-refractivity contribution in [1.82, 2.24) is 0 Å². The lowest BCUT2D eigenvalue weighted by molar-refractivity contribution is 0.107. The van der Waals surface area contributed by atoms with Gasteiger partial charge in [0.05, 0.1) is 22.8 Å². The molecule has 3 aliphatic heterocycles. The van der Waals surface area contributed by atoms with Crippen molar-refractivity contribution in [1.29, 1.82) is 0 Å². The van der Waals surface area contributed by atoms with E-state index in [1.54, 1.807) is 24.3 Å². The molecule has 7 nitrogen and oxygen atoms in total. The van der Waals surface area contributed by atoms with E-state index in [1.165, 1.54) is 23.1 Å². The van der Waals surface area contributed by atoms with E-state index in [1.807, 2.05) is 18.7 Å². The molecule has 2 aromatic carbocycles. The second-order valence-electron chi connectivity index (χ2n) is 8.63. The Labute approximate surface area is 197 Å². The number of halogens is 1. The van der Waals surface area contributed by atoms with E-state index in [-0.39, 0.29) is 23.9 Å². The summed E-state index contributed by atoms with van der Waals surface area (Å²) in [6.07, 6.45) is 0.711. The number of aryl methyl sites for hydroxylation is 1. The number of nitrogens with zero attached hydrogens (tertiary/aromatic N) is 2. The van der Waals surface area contributed by atoms with Crippen LogP contribution in [-0.2, 0) is 19.0 Å². The predicted molar refractivity (Wildman–Crippen MR) is 125 cm³/mol. The Morgan fingerprint density at radius 2 is 1.82 bits per heavy atom. The molecule has 1 amide bonds. The highest BCUT2D eigenvalue weighted by molar-refractivity contribution is 7.99. The van der Waals surface area contributed by atoms with Crippen LogP contribution in [0.5, 0.6) is 0 Å². The Bertz CT molecular complexity index is 1140. The molecule has 10 heteroatoms. The first-order chi connectivity index (χ1) is 15.8. The van der Waals surface area contributed by atoms with Gasteiger partial charge in [0.15, 0.2) is 0 Å². The van der Waals surface area contributed by atoms with E-state index in [0.717, 1.165) is 29.9 Å². The van der Waals surface area contributed by atoms with Gasteiger partial charge in [0, 0.05) is 23.6 Å². The fourth-order valence-electron chi connectivity index (χ4n) is 4.65. The van der Waals surface area contributed by atoms with Gasteiger partial charge in [-0.3, -0.25) is 9.08 Å². The monoisotopic (exact) mass is 492 g/mol. The van der Waals surface area contributed by atoms with Crippen LogP contribution in [0.15, 0.2) is 47.4 Å². The van der Waals surface area contributed by atoms with Crippen molar-refractivity contribution in [2.75, 3.05) is 34.5 Å². The van der Waals surface area contributed by atoms with Crippen LogP contribution in [0.4, 0.5) is 20.6 Å². The third-order valence-electron chi connectivity index (χ3n) is 6.35. The summed E-state index contributed by atoms with van der Waals surface area (Å²) in [7, 11) is -3.97. The smallest absolute Gasteiger partial charge is 0.414 e. The molecule has 0 aliphatic carbocycles. The van der Waals surface area contributed by atoms with Crippen LogP contribution in [0, 0.1) is 12.7 Å². The number of ether oxygens (including phenoxy) is 1. The molecule has 2 unspecified atom stereocenters. The van der Waals surface area contributed by atoms with E-state index >= 15 is 4.39 Å². The highest BCUT2D eigenvalue weighted by Crippen LogP contribution is 2.40. The Kier molecular flexibility index (Phi) is 6.00. The van der Waals surface area contributed by atoms with Crippen molar-refractivity contribution in [3.63, 3.8) is 0 Å². The minimum absolute atomic E-state index is 0.0389. The van der Waals surface area contributed by atoms with Gasteiger partial charge in [-0.05, 0) is 50.1 Å². The number of hydrogen-bond acceptors (Lipinski definition) is 7. The molecular weight excluding hydrogens is 467 g/mol. The number of cyclic esters (lactones) is 1. The fraction of sp³-hybridized carbons (Fsp3) is 0.435. The van der Waals surface area contributed by atoms with Crippen LogP contribution in [0.3, 0.4) is 0 Å². The molecule has 5 rings (SSSR count). The third-order valence-corrected chi connectivity index (χ3v) is 8.89. The summed E-state index contributed by atoms with van der Waals surface area (Å²) in [5, 5.41) is 0. The van der Waals surface area contributed by atoms with Crippen LogP contribution in [-0.4, -0.2) is 57.4 Å². The molecule has 2 bridgehead atoms. The van der Waals surface area contributed by atoms with Gasteiger partial charge in [-0.2, -0.15) is 20.2 Å². The third kappa shape index (κ3) is 4.43. The van der Waals surface area contributed by atoms with Crippen LogP contribution in [0.2, 0.25) is 0 Å². The van der Waals surface area contributed by atoms with E-state index in [9.17, 15) is 13.2 Å². The van der Waals surface area contributed by atoms with E-state index in [2.05, 4.69) is 4.90 Å². The number of rotatable bonds is 6. The van der Waals surface area contributed by atoms with Crippen molar-refractivity contribution in [3.05, 3.63) is 53.8 Å². The van der Waals surface area contributed by atoms with Crippen LogP contribution < -0.4 is 9.80 Å². The molecule has 2 aromatic rings. The first kappa shape index (κ1) is 22.5. The normalized spacial score (nSPS) is 24.9. The number of amides is 1. The SMILES string of the molecule is Cc1ccc(S(=O)(=O)OCC2CN(c3ccc(N4C5CC[C@@H]4CSC5)c(F)c3)C(=O)O2)cc1. The highest BCUT2D eigenvalue weighted by atomic mass is 32.2. The van der Waals surface area contributed by atoms with Crippen LogP contribution in [0.1, 0.15) is 18.4 Å². The summed E-state index contributed by atoms with van der Waals surface area (Å²) in [4.78, 5) is 15.9. The maximum atomic E-state index is 15.1. The number of fused-ring (bicyclic) bond motifs is 2. The molecule has 0 radical (unpaired) electrons. The standard InChI is InChI=1S/C23H25FN2O5S2/c1-15-2-7-20(8-3-15)33(28,29)30-12-19-11-25(23(27)31-19)16-6-9-22(21(24)10-16)26-17-4-5-18(26)14-32-13-17/h2-3,6-10,17-19H,4-5,11-14H2,1H3/t17-,18?,19?/m1/s1. The van der Waals surface area contributed by atoms with E-state index in [0.29, 0.717) is 23.5 Å². The number of benzene rings is 2. The van der Waals surface area contributed by atoms with E-state index in [4.69, 9.17) is 8.92 Å². The molecule has 0 spiro atoms. The number of carbonyl (C=O) groups is 1. The van der Waals surface area contributed by atoms with Gasteiger partial charge in [0.2, 0.25) is 0 Å². The molecule has 3 heterocycles. The van der Waals surface area contributed by atoms with Gasteiger partial charge < -0.3 is 9.64 Å². The molecule has 0 saturated carbocycles. The van der Waals surface area contributed by atoms with Crippen molar-refractivity contribution in [3.8, 4) is 0 Å². The van der Waals surface area contributed by atoms with Crippen molar-refractivity contribution >= 4 is 39.3 Å². The van der Waals surface area contributed by atoms with Gasteiger partial charge in [-0.1, -0.05) is 17.7 Å². The van der Waals surface area contributed by atoms with Crippen molar-refractivity contribution in [2.45, 2.75) is 42.8 Å². The van der Waals surface area contributed by atoms with Gasteiger partial charge in [0.1, 0.15) is 18.5 Å². The highest BCUT2D eigenvalue weighted by Gasteiger charge is 2.39. The second-order valence-corrected chi connectivity index (χ2v) is 11.3. The molecule has 176 valence electrons. The Balaban J connectivity index is 1.25. The average molecular weight is 493 g/mol. The summed E-state index contributed by atoms with van der Waals surface area (Å²) in [6.45, 7) is 1.62. The van der Waals surface area contributed by atoms with Crippen LogP contribution >= 0.6 is 11.8 Å². The van der Waals surface area contributed by atoms with Gasteiger partial charge >= 0.3 is 6.09 Å². The maximum Gasteiger partial charge on any atom is 0.414 e. The maximum absolute atomic E-state index is 15.1. The summed E-state index contributed by atoms with van der Waals surface area (Å²) >= 11 is 1.92. The lowest BCUT2D eigenvalue weighted by Gasteiger charge is -2.36. The van der Waals surface area contributed by atoms with Gasteiger partial charge in [0.25, 0.3) is 10.1 Å². The molecular formula is C23H25FN2O5S2. The molecule has 0 N–H and O–H groups in total. The number of thioether (sulfide) groups is 1. The number of carbonyl (C=O) groups excluding carboxylic acids is 1. The quantitative estimate of drug-likeness (QED) is 0.565. The molecule has 3 aliphatic rings. The zero-order chi connectivity index (χ0) is 23.2. The number of anilines is 2. The molecule has 33 heavy (non-hydrogen) atoms. The predicted octanol–water partition coefficient (Wildman–Crippen LogP) is 3.95. The Hall–Kier alpha value is -2.30. The lowest BCUT2D eigenvalue weighted by atomic mass is 10.2. The summed E-state index contributed by atoms with van der Waals surface area (Å²) in [5.74, 6) is 1.64. The zero-order valence-corrected chi connectivity index (χ0v) is 19.8. The van der Waals surface area contributed by atoms with Crippen LogP contribution in [0.25, 0.3) is 0 Å². The van der Waals surface area contributed by atoms with Crippen molar-refractivity contribution < 1.29 is 26.5 Å². The minimum Gasteiger partial charge on any atom is -0.441 e. The van der Waals surface area contributed by atoms with Crippen molar-refractivity contribution in [2.24, 2.45) is 0 Å². The first-order valence-electron chi connectivity index (χ1n) is 10.9. The fourth-order valence-corrected chi connectivity index (χ4v) is 6.92. The Morgan fingerprint density at radius 1 is 1.12 bits per heavy atom. The molecule has 3 atom stereocenters. The zero-order valence-electron chi connectivity index (χ0n) is 18.1. The summed E-state index contributed by atoms with van der Waals surface area (Å²) in [6, 6.07) is 11.8. The number of hydrogen-bond donors (Lipinski definition) is 0. The largest absolute Gasteiger partial charge is 0.441 e. The molecule has 0 aromatic heterocycles. The lowest BCUT2D eigenvalue weighted by Crippen LogP contribution is -2.43. The summed E-state index contributed by atoms with van der Waals surface area (Å²) in [5.41, 5.74) is 1.88. The summed E-state index contributed by atoms with van der Waals surface area (Å²) < 4.78 is 50.2. The average Bonchev–Trinajstić information content (AvgIpc) is 3.27.